The summed E-state index contributed by atoms with van der Waals surface area (Å²) < 4.78 is 37.1. The number of nitrogens with one attached hydrogen (secondary N) is 5. The summed E-state index contributed by atoms with van der Waals surface area (Å²) in [6.45, 7) is -0.294. The zero-order valence-electron chi connectivity index (χ0n) is 34.5. The second-order valence-corrected chi connectivity index (χ2v) is 16.2. The first-order valence-electron chi connectivity index (χ1n) is 20.7. The SMILES string of the molecule is NC(=O)CC[C@H](NC(=O)CC[C@H](NC(=O)COCCOCCNC(=O)CCCS(=O)(=O)NC(=O)CCCCCCCCCCCCCCCc1nnn[nH]1)C(=O)O)C(=O)O. The van der Waals surface area contributed by atoms with Crippen molar-refractivity contribution in [1.29, 1.82) is 0 Å². The van der Waals surface area contributed by atoms with Crippen LogP contribution in [0.25, 0.3) is 0 Å². The van der Waals surface area contributed by atoms with Gasteiger partial charge in [-0.05, 0) is 42.5 Å². The number of aromatic nitrogens is 4. The maximum absolute atomic E-state index is 12.3. The number of amides is 5. The summed E-state index contributed by atoms with van der Waals surface area (Å²) >= 11 is 0. The first kappa shape index (κ1) is 53.2. The Kier molecular flexibility index (Phi) is 29.3. The van der Waals surface area contributed by atoms with Crippen molar-refractivity contribution in [3.05, 3.63) is 5.82 Å². The summed E-state index contributed by atoms with van der Waals surface area (Å²) in [6.07, 6.45) is 14.1. The van der Waals surface area contributed by atoms with Crippen molar-refractivity contribution in [1.82, 2.24) is 41.3 Å². The molecule has 0 aliphatic carbocycles. The van der Waals surface area contributed by atoms with Gasteiger partial charge in [-0.25, -0.2) is 23.1 Å². The minimum atomic E-state index is -3.86. The van der Waals surface area contributed by atoms with E-state index in [-0.39, 0.29) is 70.6 Å². The van der Waals surface area contributed by atoms with Gasteiger partial charge in [0.25, 0.3) is 0 Å². The van der Waals surface area contributed by atoms with Crippen LogP contribution in [-0.2, 0) is 59.5 Å². The Morgan fingerprint density at radius 1 is 0.633 bits per heavy atom. The number of unbranched alkanes of at least 4 members (excludes halogenated alkanes) is 12. The highest BCUT2D eigenvalue weighted by molar-refractivity contribution is 7.90. The molecule has 23 heteroatoms. The number of hydrogen-bond donors (Lipinski definition) is 8. The number of H-pyrrole nitrogens is 1. The molecule has 1 aromatic heterocycles. The third-order valence-electron chi connectivity index (χ3n) is 9.07. The average molecular weight is 876 g/mol. The molecule has 0 saturated heterocycles. The van der Waals surface area contributed by atoms with Crippen LogP contribution >= 0.6 is 0 Å². The number of primary amides is 1. The summed E-state index contributed by atoms with van der Waals surface area (Å²) in [4.78, 5) is 82.1. The number of sulfonamides is 1. The number of aliphatic carboxylic acids is 2. The van der Waals surface area contributed by atoms with E-state index in [4.69, 9.17) is 20.3 Å². The maximum Gasteiger partial charge on any atom is 0.326 e. The van der Waals surface area contributed by atoms with Crippen LogP contribution in [0.3, 0.4) is 0 Å². The van der Waals surface area contributed by atoms with Crippen molar-refractivity contribution in [2.24, 2.45) is 5.73 Å². The standard InChI is InChI=1S/C37H65N9O13S/c38-30(47)20-18-28(36(52)53)40-33(49)21-19-29(37(54)55)41-35(51)27-59-25-24-58-23-22-39-32(48)17-14-26-60(56,57)44-34(50)16-13-11-9-7-5-3-1-2-4-6-8-10-12-15-31-42-45-46-43-31/h28-29H,1-27H2,(H2,38,47)(H,39,48)(H,40,49)(H,41,51)(H,44,50)(H,52,53)(H,54,55)(H,42,43,45,46)/t28-,29-/m0/s1. The number of carboxylic acids is 2. The third kappa shape index (κ3) is 30.3. The Morgan fingerprint density at radius 3 is 1.73 bits per heavy atom. The molecule has 0 aliphatic heterocycles. The average Bonchev–Trinajstić information content (AvgIpc) is 3.70. The molecule has 0 radical (unpaired) electrons. The normalized spacial score (nSPS) is 12.3. The van der Waals surface area contributed by atoms with E-state index in [0.717, 1.165) is 44.3 Å². The summed E-state index contributed by atoms with van der Waals surface area (Å²) in [6, 6.07) is -2.84. The Bertz CT molecular complexity index is 1530. The third-order valence-corrected chi connectivity index (χ3v) is 10.4. The van der Waals surface area contributed by atoms with E-state index < -0.39 is 76.6 Å². The van der Waals surface area contributed by atoms with Crippen LogP contribution in [-0.4, -0.2) is 132 Å². The second kappa shape index (κ2) is 33.0. The topological polar surface area (TPSA) is 341 Å². The van der Waals surface area contributed by atoms with Gasteiger partial charge in [-0.3, -0.25) is 28.7 Å². The fraction of sp³-hybridized carbons (Fsp3) is 0.784. The molecule has 0 unspecified atom stereocenters. The van der Waals surface area contributed by atoms with E-state index in [0.29, 0.717) is 6.42 Å². The molecular weight excluding hydrogens is 811 g/mol. The van der Waals surface area contributed by atoms with Crippen LogP contribution in [0, 0.1) is 0 Å². The Hall–Kier alpha value is -4.77. The quantitative estimate of drug-likeness (QED) is 0.0423. The fourth-order valence-corrected chi connectivity index (χ4v) is 6.90. The van der Waals surface area contributed by atoms with Gasteiger partial charge >= 0.3 is 11.9 Å². The van der Waals surface area contributed by atoms with Crippen molar-refractivity contribution < 1.29 is 61.7 Å². The Labute approximate surface area is 351 Å². The summed E-state index contributed by atoms with van der Waals surface area (Å²) in [5, 5.41) is 39.3. The molecule has 0 spiro atoms. The van der Waals surface area contributed by atoms with E-state index in [9.17, 15) is 47.1 Å². The number of hydrogen-bond acceptors (Lipinski definition) is 14. The number of aromatic amines is 1. The lowest BCUT2D eigenvalue weighted by Crippen LogP contribution is -2.45. The molecule has 22 nitrogen and oxygen atoms in total. The molecule has 9 N–H and O–H groups in total. The minimum Gasteiger partial charge on any atom is -0.480 e. The lowest BCUT2D eigenvalue weighted by atomic mass is 10.0. The van der Waals surface area contributed by atoms with Gasteiger partial charge in [0.05, 0.1) is 25.6 Å². The van der Waals surface area contributed by atoms with Gasteiger partial charge in [-0.1, -0.05) is 70.6 Å². The summed E-state index contributed by atoms with van der Waals surface area (Å²) in [5.41, 5.74) is 4.99. The van der Waals surface area contributed by atoms with E-state index in [1.54, 1.807) is 0 Å². The van der Waals surface area contributed by atoms with Crippen molar-refractivity contribution in [2.45, 2.75) is 147 Å². The molecule has 0 saturated carbocycles. The van der Waals surface area contributed by atoms with Crippen LogP contribution in [0.4, 0.5) is 0 Å². The summed E-state index contributed by atoms with van der Waals surface area (Å²) in [5.74, 6) is -5.60. The monoisotopic (exact) mass is 875 g/mol. The van der Waals surface area contributed by atoms with Gasteiger partial charge in [0.1, 0.15) is 24.5 Å². The number of carboxylic acid groups (broad SMARTS) is 2. The van der Waals surface area contributed by atoms with Crippen molar-refractivity contribution in [3.63, 3.8) is 0 Å². The number of nitrogens with two attached hydrogens (primary N) is 1. The van der Waals surface area contributed by atoms with Gasteiger partial charge in [0.15, 0.2) is 0 Å². The smallest absolute Gasteiger partial charge is 0.326 e. The van der Waals surface area contributed by atoms with Gasteiger partial charge in [-0.15, -0.1) is 5.10 Å². The van der Waals surface area contributed by atoms with Gasteiger partial charge < -0.3 is 41.4 Å². The number of carbonyl (C=O) groups excluding carboxylic acids is 5. The van der Waals surface area contributed by atoms with Crippen LogP contribution in [0.5, 0.6) is 0 Å². The highest BCUT2D eigenvalue weighted by atomic mass is 32.2. The number of tetrazole rings is 1. The van der Waals surface area contributed by atoms with Crippen molar-refractivity contribution in [2.75, 3.05) is 38.7 Å². The van der Waals surface area contributed by atoms with Crippen LogP contribution < -0.4 is 26.4 Å². The lowest BCUT2D eigenvalue weighted by molar-refractivity contribution is -0.144. The van der Waals surface area contributed by atoms with Crippen molar-refractivity contribution >= 4 is 51.5 Å². The minimum absolute atomic E-state index is 0.0213. The summed E-state index contributed by atoms with van der Waals surface area (Å²) in [7, 11) is -3.86. The van der Waals surface area contributed by atoms with Crippen molar-refractivity contribution in [3.8, 4) is 0 Å². The van der Waals surface area contributed by atoms with Gasteiger partial charge in [-0.2, -0.15) is 0 Å². The molecule has 1 heterocycles. The number of ether oxygens (including phenoxy) is 2. The molecule has 1 rings (SSSR count). The second-order valence-electron chi connectivity index (χ2n) is 14.4. The number of nitrogens with zero attached hydrogens (tertiary/aromatic N) is 3. The van der Waals surface area contributed by atoms with E-state index in [1.807, 2.05) is 0 Å². The highest BCUT2D eigenvalue weighted by Gasteiger charge is 2.24. The number of aryl methyl sites for hydroxylation is 1. The lowest BCUT2D eigenvalue weighted by Gasteiger charge is -2.16. The molecule has 2 atom stereocenters. The first-order valence-corrected chi connectivity index (χ1v) is 22.3. The molecule has 0 bridgehead atoms. The fourth-order valence-electron chi connectivity index (χ4n) is 5.82. The number of carbonyl (C=O) groups is 7. The van der Waals surface area contributed by atoms with Crippen LogP contribution in [0.1, 0.15) is 134 Å². The molecular formula is C37H65N9O13S. The van der Waals surface area contributed by atoms with E-state index >= 15 is 0 Å². The van der Waals surface area contributed by atoms with E-state index in [1.165, 1.54) is 44.9 Å². The van der Waals surface area contributed by atoms with E-state index in [2.05, 4.69) is 41.3 Å². The molecule has 0 aliphatic rings. The predicted molar refractivity (Wildman–Crippen MR) is 215 cm³/mol. The molecule has 342 valence electrons. The molecule has 0 fully saturated rings. The number of rotatable bonds is 39. The predicted octanol–water partition coefficient (Wildman–Crippen LogP) is 0.764. The molecule has 1 aromatic rings. The molecule has 5 amide bonds. The van der Waals surface area contributed by atoms with Gasteiger partial charge in [0, 0.05) is 38.6 Å². The van der Waals surface area contributed by atoms with Crippen LogP contribution in [0.2, 0.25) is 0 Å². The molecule has 60 heavy (non-hydrogen) atoms. The zero-order chi connectivity index (χ0) is 44.4. The molecule has 0 aromatic carbocycles. The highest BCUT2D eigenvalue weighted by Crippen LogP contribution is 2.14. The first-order chi connectivity index (χ1) is 28.7. The zero-order valence-corrected chi connectivity index (χ0v) is 35.3. The largest absolute Gasteiger partial charge is 0.480 e. The Balaban J connectivity index is 2.01. The maximum atomic E-state index is 12.3. The van der Waals surface area contributed by atoms with Gasteiger partial charge in [0.2, 0.25) is 39.6 Å². The van der Waals surface area contributed by atoms with Crippen LogP contribution in [0.15, 0.2) is 0 Å². The Morgan fingerprint density at radius 2 is 1.17 bits per heavy atom.